The number of hydrogen-bond donors (Lipinski definition) is 1. The lowest BCUT2D eigenvalue weighted by Crippen LogP contribution is -2.39. The number of carbonyl (C=O) groups excluding carboxylic acids is 1. The van der Waals surface area contributed by atoms with E-state index in [0.717, 1.165) is 17.1 Å². The second-order valence-electron chi connectivity index (χ2n) is 4.46. The van der Waals surface area contributed by atoms with Gasteiger partial charge in [-0.1, -0.05) is 6.07 Å². The van der Waals surface area contributed by atoms with Gasteiger partial charge in [-0.2, -0.15) is 0 Å². The van der Waals surface area contributed by atoms with Gasteiger partial charge in [0.05, 0.1) is 6.04 Å². The Morgan fingerprint density at radius 1 is 1.39 bits per heavy atom. The molecule has 2 rings (SSSR count). The SMILES string of the molecule is C[C@H](N)C(=O)N(C)Cc1ccc2c(c1)OCCO2. The van der Waals surface area contributed by atoms with Crippen LogP contribution >= 0.6 is 0 Å². The Bertz CT molecular complexity index is 446. The standard InChI is InChI=1S/C13H18N2O3/c1-9(14)13(16)15(2)8-10-3-4-11-12(7-10)18-6-5-17-11/h3-4,7,9H,5-6,8,14H2,1-2H3/t9-/m0/s1. The summed E-state index contributed by atoms with van der Waals surface area (Å²) in [5.74, 6) is 1.41. The molecule has 5 nitrogen and oxygen atoms in total. The molecule has 1 amide bonds. The summed E-state index contributed by atoms with van der Waals surface area (Å²) in [6.07, 6.45) is 0. The summed E-state index contributed by atoms with van der Waals surface area (Å²) in [4.78, 5) is 13.3. The van der Waals surface area contributed by atoms with Gasteiger partial charge >= 0.3 is 0 Å². The number of likely N-dealkylation sites (N-methyl/N-ethyl adjacent to an activating group) is 1. The Morgan fingerprint density at radius 2 is 2.06 bits per heavy atom. The maximum Gasteiger partial charge on any atom is 0.239 e. The van der Waals surface area contributed by atoms with Crippen LogP contribution in [0, 0.1) is 0 Å². The topological polar surface area (TPSA) is 64.8 Å². The average Bonchev–Trinajstić information content (AvgIpc) is 2.37. The molecule has 0 aliphatic carbocycles. The van der Waals surface area contributed by atoms with Gasteiger partial charge in [0.25, 0.3) is 0 Å². The van der Waals surface area contributed by atoms with E-state index in [1.165, 1.54) is 0 Å². The number of nitrogens with zero attached hydrogens (tertiary/aromatic N) is 1. The largest absolute Gasteiger partial charge is 0.486 e. The van der Waals surface area contributed by atoms with Gasteiger partial charge < -0.3 is 20.1 Å². The van der Waals surface area contributed by atoms with Crippen LogP contribution in [0.2, 0.25) is 0 Å². The highest BCUT2D eigenvalue weighted by Gasteiger charge is 2.16. The van der Waals surface area contributed by atoms with E-state index in [2.05, 4.69) is 0 Å². The van der Waals surface area contributed by atoms with E-state index < -0.39 is 6.04 Å². The molecule has 1 atom stereocenters. The number of nitrogens with two attached hydrogens (primary N) is 1. The van der Waals surface area contributed by atoms with Gasteiger partial charge in [-0.3, -0.25) is 4.79 Å². The number of ether oxygens (including phenoxy) is 2. The van der Waals surface area contributed by atoms with E-state index in [1.807, 2.05) is 18.2 Å². The minimum absolute atomic E-state index is 0.0788. The summed E-state index contributed by atoms with van der Waals surface area (Å²) < 4.78 is 10.9. The number of carbonyl (C=O) groups is 1. The molecule has 0 unspecified atom stereocenters. The van der Waals surface area contributed by atoms with Crippen molar-refractivity contribution in [3.63, 3.8) is 0 Å². The first-order valence-corrected chi connectivity index (χ1v) is 5.97. The molecule has 1 heterocycles. The molecule has 0 radical (unpaired) electrons. The second-order valence-corrected chi connectivity index (χ2v) is 4.46. The molecular weight excluding hydrogens is 232 g/mol. The summed E-state index contributed by atoms with van der Waals surface area (Å²) in [7, 11) is 1.74. The zero-order chi connectivity index (χ0) is 13.1. The highest BCUT2D eigenvalue weighted by molar-refractivity contribution is 5.80. The lowest BCUT2D eigenvalue weighted by molar-refractivity contribution is -0.131. The molecular formula is C13H18N2O3. The summed E-state index contributed by atoms with van der Waals surface area (Å²) in [5, 5.41) is 0. The van der Waals surface area contributed by atoms with Crippen molar-refractivity contribution in [2.24, 2.45) is 5.73 Å². The van der Waals surface area contributed by atoms with E-state index >= 15 is 0 Å². The van der Waals surface area contributed by atoms with Crippen molar-refractivity contribution in [3.8, 4) is 11.5 Å². The quantitative estimate of drug-likeness (QED) is 0.860. The van der Waals surface area contributed by atoms with E-state index in [0.29, 0.717) is 19.8 Å². The van der Waals surface area contributed by atoms with Gasteiger partial charge in [0.15, 0.2) is 11.5 Å². The molecule has 1 aromatic rings. The molecule has 5 heteroatoms. The normalized spacial score (nSPS) is 15.1. The molecule has 0 bridgehead atoms. The van der Waals surface area contributed by atoms with Gasteiger partial charge in [0.2, 0.25) is 5.91 Å². The smallest absolute Gasteiger partial charge is 0.239 e. The van der Waals surface area contributed by atoms with Crippen molar-refractivity contribution in [2.75, 3.05) is 20.3 Å². The van der Waals surface area contributed by atoms with E-state index in [4.69, 9.17) is 15.2 Å². The zero-order valence-corrected chi connectivity index (χ0v) is 10.7. The Balaban J connectivity index is 2.08. The molecule has 1 aliphatic rings. The second kappa shape index (κ2) is 5.27. The maximum atomic E-state index is 11.7. The highest BCUT2D eigenvalue weighted by atomic mass is 16.6. The Labute approximate surface area is 106 Å². The minimum atomic E-state index is -0.479. The van der Waals surface area contributed by atoms with Crippen molar-refractivity contribution in [1.82, 2.24) is 4.90 Å². The van der Waals surface area contributed by atoms with Crippen LogP contribution in [0.3, 0.4) is 0 Å². The first kappa shape index (κ1) is 12.7. The number of benzene rings is 1. The van der Waals surface area contributed by atoms with Crippen LogP contribution in [0.15, 0.2) is 18.2 Å². The molecule has 0 fully saturated rings. The number of hydrogen-bond acceptors (Lipinski definition) is 4. The maximum absolute atomic E-state index is 11.7. The Kier molecular flexibility index (Phi) is 3.72. The lowest BCUT2D eigenvalue weighted by Gasteiger charge is -2.22. The fourth-order valence-electron chi connectivity index (χ4n) is 1.89. The molecule has 0 saturated heterocycles. The molecule has 1 aliphatic heterocycles. The summed E-state index contributed by atoms with van der Waals surface area (Å²) >= 11 is 0. The van der Waals surface area contributed by atoms with Gasteiger partial charge in [-0.15, -0.1) is 0 Å². The average molecular weight is 250 g/mol. The molecule has 0 spiro atoms. The van der Waals surface area contributed by atoms with Crippen LogP contribution in [-0.4, -0.2) is 37.1 Å². The first-order valence-electron chi connectivity index (χ1n) is 5.97. The third-order valence-electron chi connectivity index (χ3n) is 2.79. The zero-order valence-electron chi connectivity index (χ0n) is 10.7. The van der Waals surface area contributed by atoms with Crippen LogP contribution in [0.25, 0.3) is 0 Å². The number of amides is 1. The predicted octanol–water partition coefficient (Wildman–Crippen LogP) is 0.763. The molecule has 18 heavy (non-hydrogen) atoms. The Morgan fingerprint density at radius 3 is 2.72 bits per heavy atom. The van der Waals surface area contributed by atoms with Crippen LogP contribution in [0.1, 0.15) is 12.5 Å². The third-order valence-corrected chi connectivity index (χ3v) is 2.79. The monoisotopic (exact) mass is 250 g/mol. The Hall–Kier alpha value is -1.75. The van der Waals surface area contributed by atoms with Crippen LogP contribution in [-0.2, 0) is 11.3 Å². The lowest BCUT2D eigenvalue weighted by atomic mass is 10.1. The van der Waals surface area contributed by atoms with Gasteiger partial charge in [-0.25, -0.2) is 0 Å². The van der Waals surface area contributed by atoms with Crippen LogP contribution < -0.4 is 15.2 Å². The molecule has 2 N–H and O–H groups in total. The molecule has 0 saturated carbocycles. The van der Waals surface area contributed by atoms with Crippen molar-refractivity contribution in [2.45, 2.75) is 19.5 Å². The first-order chi connectivity index (χ1) is 8.58. The van der Waals surface area contributed by atoms with Gasteiger partial charge in [0.1, 0.15) is 13.2 Å². The van der Waals surface area contributed by atoms with Crippen molar-refractivity contribution >= 4 is 5.91 Å². The fraction of sp³-hybridized carbons (Fsp3) is 0.462. The van der Waals surface area contributed by atoms with Crippen molar-refractivity contribution in [3.05, 3.63) is 23.8 Å². The van der Waals surface area contributed by atoms with Crippen LogP contribution in [0.5, 0.6) is 11.5 Å². The summed E-state index contributed by atoms with van der Waals surface area (Å²) in [6.45, 7) is 3.33. The molecule has 0 aromatic heterocycles. The minimum Gasteiger partial charge on any atom is -0.486 e. The number of fused-ring (bicyclic) bond motifs is 1. The van der Waals surface area contributed by atoms with E-state index in [-0.39, 0.29) is 5.91 Å². The fourth-order valence-corrected chi connectivity index (χ4v) is 1.89. The summed E-state index contributed by atoms with van der Waals surface area (Å²) in [5.41, 5.74) is 6.56. The predicted molar refractivity (Wildman–Crippen MR) is 67.6 cm³/mol. The highest BCUT2D eigenvalue weighted by Crippen LogP contribution is 2.30. The van der Waals surface area contributed by atoms with Crippen molar-refractivity contribution in [1.29, 1.82) is 0 Å². The van der Waals surface area contributed by atoms with E-state index in [1.54, 1.807) is 18.9 Å². The van der Waals surface area contributed by atoms with Crippen LogP contribution in [0.4, 0.5) is 0 Å². The number of rotatable bonds is 3. The van der Waals surface area contributed by atoms with Crippen molar-refractivity contribution < 1.29 is 14.3 Å². The molecule has 1 aromatic carbocycles. The summed E-state index contributed by atoms with van der Waals surface area (Å²) in [6, 6.07) is 5.22. The third kappa shape index (κ3) is 2.73. The van der Waals surface area contributed by atoms with Gasteiger partial charge in [-0.05, 0) is 24.6 Å². The molecule has 98 valence electrons. The van der Waals surface area contributed by atoms with Gasteiger partial charge in [0, 0.05) is 13.6 Å². The van der Waals surface area contributed by atoms with E-state index in [9.17, 15) is 4.79 Å².